The Labute approximate surface area is 111 Å². The Hall–Kier alpha value is -0.610. The summed E-state index contributed by atoms with van der Waals surface area (Å²) in [5.41, 5.74) is -0.303. The van der Waals surface area contributed by atoms with Crippen molar-refractivity contribution in [3.8, 4) is 0 Å². The van der Waals surface area contributed by atoms with Crippen LogP contribution >= 0.6 is 0 Å². The minimum absolute atomic E-state index is 0.163. The number of hydrogen-bond donors (Lipinski definition) is 2. The molecule has 0 aromatic heterocycles. The number of ether oxygens (including phenoxy) is 1. The van der Waals surface area contributed by atoms with Crippen LogP contribution in [0, 0.1) is 0 Å². The van der Waals surface area contributed by atoms with E-state index < -0.39 is 0 Å². The van der Waals surface area contributed by atoms with Crippen LogP contribution in [-0.4, -0.2) is 37.7 Å². The van der Waals surface area contributed by atoms with Gasteiger partial charge < -0.3 is 15.4 Å². The molecule has 106 valence electrons. The fraction of sp³-hybridized carbons (Fsp3) is 0.929. The maximum absolute atomic E-state index is 12.1. The molecule has 0 aromatic rings. The second-order valence-electron chi connectivity index (χ2n) is 5.04. The fourth-order valence-corrected chi connectivity index (χ4v) is 2.36. The zero-order valence-corrected chi connectivity index (χ0v) is 11.9. The lowest BCUT2D eigenvalue weighted by Gasteiger charge is -2.26. The maximum Gasteiger partial charge on any atom is 0.240 e. The molecule has 0 saturated carbocycles. The first-order valence-corrected chi connectivity index (χ1v) is 7.36. The molecule has 0 spiro atoms. The second kappa shape index (κ2) is 8.48. The van der Waals surface area contributed by atoms with Gasteiger partial charge in [0.05, 0.1) is 5.54 Å². The van der Waals surface area contributed by atoms with Gasteiger partial charge in [-0.2, -0.15) is 0 Å². The molecule has 18 heavy (non-hydrogen) atoms. The monoisotopic (exact) mass is 256 g/mol. The van der Waals surface area contributed by atoms with Crippen LogP contribution in [0.5, 0.6) is 0 Å². The third-order valence-corrected chi connectivity index (χ3v) is 3.68. The first-order valence-electron chi connectivity index (χ1n) is 7.36. The highest BCUT2D eigenvalue weighted by Gasteiger charge is 2.38. The average molecular weight is 256 g/mol. The molecule has 1 saturated heterocycles. The van der Waals surface area contributed by atoms with E-state index in [1.165, 1.54) is 6.42 Å². The highest BCUT2D eigenvalue weighted by Crippen LogP contribution is 2.22. The summed E-state index contributed by atoms with van der Waals surface area (Å²) in [5.74, 6) is 0.163. The van der Waals surface area contributed by atoms with E-state index in [1.807, 2.05) is 0 Å². The molecule has 1 rings (SSSR count). The summed E-state index contributed by atoms with van der Waals surface area (Å²) in [6, 6.07) is 0. The number of carbonyl (C=O) groups excluding carboxylic acids is 1. The Morgan fingerprint density at radius 2 is 2.11 bits per heavy atom. The molecular weight excluding hydrogens is 228 g/mol. The van der Waals surface area contributed by atoms with Gasteiger partial charge in [0.2, 0.25) is 5.91 Å². The molecule has 0 aliphatic carbocycles. The van der Waals surface area contributed by atoms with E-state index in [4.69, 9.17) is 4.74 Å². The number of amides is 1. The van der Waals surface area contributed by atoms with Crippen LogP contribution in [0.1, 0.15) is 52.4 Å². The predicted octanol–water partition coefficient (Wildman–Crippen LogP) is 1.84. The van der Waals surface area contributed by atoms with Crippen molar-refractivity contribution < 1.29 is 9.53 Å². The predicted molar refractivity (Wildman–Crippen MR) is 73.6 cm³/mol. The Morgan fingerprint density at radius 3 is 2.72 bits per heavy atom. The fourth-order valence-electron chi connectivity index (χ4n) is 2.36. The van der Waals surface area contributed by atoms with E-state index in [2.05, 4.69) is 24.5 Å². The highest BCUT2D eigenvalue weighted by molar-refractivity contribution is 5.86. The number of unbranched alkanes of at least 4 members (excludes halogenated alkanes) is 1. The molecule has 1 fully saturated rings. The summed E-state index contributed by atoms with van der Waals surface area (Å²) in [4.78, 5) is 12.1. The topological polar surface area (TPSA) is 50.4 Å². The molecule has 2 N–H and O–H groups in total. The lowest BCUT2D eigenvalue weighted by atomic mass is 9.93. The summed E-state index contributed by atoms with van der Waals surface area (Å²) in [7, 11) is 0. The lowest BCUT2D eigenvalue weighted by Crippen LogP contribution is -2.53. The van der Waals surface area contributed by atoms with E-state index in [9.17, 15) is 4.79 Å². The van der Waals surface area contributed by atoms with Gasteiger partial charge in [-0.25, -0.2) is 0 Å². The third-order valence-electron chi connectivity index (χ3n) is 3.68. The van der Waals surface area contributed by atoms with Crippen LogP contribution in [0.25, 0.3) is 0 Å². The molecule has 0 bridgehead atoms. The SMILES string of the molecule is CCCCOCCCNC(=O)C1(CC)CCCN1. The van der Waals surface area contributed by atoms with Gasteiger partial charge in [0, 0.05) is 19.8 Å². The Morgan fingerprint density at radius 1 is 1.33 bits per heavy atom. The van der Waals surface area contributed by atoms with Crippen molar-refractivity contribution in [2.75, 3.05) is 26.3 Å². The van der Waals surface area contributed by atoms with Crippen molar-refractivity contribution in [1.29, 1.82) is 0 Å². The minimum Gasteiger partial charge on any atom is -0.381 e. The quantitative estimate of drug-likeness (QED) is 0.619. The summed E-state index contributed by atoms with van der Waals surface area (Å²) < 4.78 is 5.47. The van der Waals surface area contributed by atoms with E-state index in [-0.39, 0.29) is 11.4 Å². The van der Waals surface area contributed by atoms with Crippen LogP contribution in [0.3, 0.4) is 0 Å². The van der Waals surface area contributed by atoms with Gasteiger partial charge in [0.15, 0.2) is 0 Å². The van der Waals surface area contributed by atoms with Gasteiger partial charge in [-0.1, -0.05) is 20.3 Å². The van der Waals surface area contributed by atoms with E-state index >= 15 is 0 Å². The summed E-state index contributed by atoms with van der Waals surface area (Å²) >= 11 is 0. The zero-order valence-electron chi connectivity index (χ0n) is 11.9. The van der Waals surface area contributed by atoms with Crippen molar-refractivity contribution in [1.82, 2.24) is 10.6 Å². The van der Waals surface area contributed by atoms with Crippen molar-refractivity contribution in [3.05, 3.63) is 0 Å². The molecule has 1 aliphatic heterocycles. The highest BCUT2D eigenvalue weighted by atomic mass is 16.5. The van der Waals surface area contributed by atoms with Crippen LogP contribution in [0.2, 0.25) is 0 Å². The number of carbonyl (C=O) groups is 1. The van der Waals surface area contributed by atoms with Gasteiger partial charge in [-0.3, -0.25) is 4.79 Å². The van der Waals surface area contributed by atoms with Crippen molar-refractivity contribution in [2.45, 2.75) is 57.9 Å². The van der Waals surface area contributed by atoms with Gasteiger partial charge in [-0.05, 0) is 38.6 Å². The standard InChI is InChI=1S/C14H28N2O2/c1-3-5-11-18-12-7-9-15-13(17)14(4-2)8-6-10-16-14/h16H,3-12H2,1-2H3,(H,15,17). The van der Waals surface area contributed by atoms with Gasteiger partial charge >= 0.3 is 0 Å². The molecule has 1 atom stereocenters. The first kappa shape index (κ1) is 15.4. The van der Waals surface area contributed by atoms with Gasteiger partial charge in [0.1, 0.15) is 0 Å². The Bertz CT molecular complexity index is 238. The minimum atomic E-state index is -0.303. The second-order valence-corrected chi connectivity index (χ2v) is 5.04. The molecule has 1 aliphatic rings. The van der Waals surface area contributed by atoms with Crippen LogP contribution in [-0.2, 0) is 9.53 Å². The van der Waals surface area contributed by atoms with Gasteiger partial charge in [-0.15, -0.1) is 0 Å². The average Bonchev–Trinajstić information content (AvgIpc) is 2.87. The zero-order chi connectivity index (χ0) is 13.3. The van der Waals surface area contributed by atoms with Gasteiger partial charge in [0.25, 0.3) is 0 Å². The number of rotatable bonds is 9. The van der Waals surface area contributed by atoms with Crippen LogP contribution in [0.15, 0.2) is 0 Å². The van der Waals surface area contributed by atoms with E-state index in [0.717, 1.165) is 51.9 Å². The molecule has 4 nitrogen and oxygen atoms in total. The normalized spacial score (nSPS) is 23.2. The maximum atomic E-state index is 12.1. The molecular formula is C14H28N2O2. The van der Waals surface area contributed by atoms with Crippen LogP contribution < -0.4 is 10.6 Å². The third kappa shape index (κ3) is 4.58. The van der Waals surface area contributed by atoms with Crippen LogP contribution in [0.4, 0.5) is 0 Å². The molecule has 1 heterocycles. The number of nitrogens with one attached hydrogen (secondary N) is 2. The smallest absolute Gasteiger partial charge is 0.240 e. The molecule has 4 heteroatoms. The molecule has 0 radical (unpaired) electrons. The molecule has 1 unspecified atom stereocenters. The van der Waals surface area contributed by atoms with Crippen molar-refractivity contribution in [2.24, 2.45) is 0 Å². The largest absolute Gasteiger partial charge is 0.381 e. The molecule has 1 amide bonds. The van der Waals surface area contributed by atoms with E-state index in [0.29, 0.717) is 6.54 Å². The summed E-state index contributed by atoms with van der Waals surface area (Å²) in [6.45, 7) is 7.49. The Balaban J connectivity index is 2.09. The summed E-state index contributed by atoms with van der Waals surface area (Å²) in [6.07, 6.45) is 6.11. The van der Waals surface area contributed by atoms with Crippen molar-refractivity contribution >= 4 is 5.91 Å². The molecule has 0 aromatic carbocycles. The Kier molecular flexibility index (Phi) is 7.28. The van der Waals surface area contributed by atoms with E-state index in [1.54, 1.807) is 0 Å². The lowest BCUT2D eigenvalue weighted by molar-refractivity contribution is -0.127. The first-order chi connectivity index (χ1) is 8.75. The summed E-state index contributed by atoms with van der Waals surface area (Å²) in [5, 5.41) is 6.37. The number of hydrogen-bond acceptors (Lipinski definition) is 3. The van der Waals surface area contributed by atoms with Crippen molar-refractivity contribution in [3.63, 3.8) is 0 Å².